The lowest BCUT2D eigenvalue weighted by Crippen LogP contribution is -2.41. The maximum atomic E-state index is 4.42. The van der Waals surface area contributed by atoms with E-state index in [0.717, 1.165) is 24.0 Å². The molecule has 2 N–H and O–H groups in total. The van der Waals surface area contributed by atoms with Crippen LogP contribution < -0.4 is 10.6 Å². The molecule has 5 nitrogen and oxygen atoms in total. The Morgan fingerprint density at radius 2 is 1.89 bits per heavy atom. The van der Waals surface area contributed by atoms with Gasteiger partial charge in [-0.05, 0) is 39.8 Å². The number of aryl methyl sites for hydroxylation is 1. The second-order valence-corrected chi connectivity index (χ2v) is 5.26. The van der Waals surface area contributed by atoms with Crippen molar-refractivity contribution in [2.75, 3.05) is 37.3 Å². The first-order valence-corrected chi connectivity index (χ1v) is 7.20. The molecule has 2 heterocycles. The first-order valence-electron chi connectivity index (χ1n) is 7.20. The number of hydrogen-bond acceptors (Lipinski definition) is 5. The SMILES string of the molecule is CNc1cc(NCC(C)N2CCCCC2)nc(C)n1. The summed E-state index contributed by atoms with van der Waals surface area (Å²) >= 11 is 0. The van der Waals surface area contributed by atoms with Crippen LogP contribution in [0.2, 0.25) is 0 Å². The van der Waals surface area contributed by atoms with Crippen molar-refractivity contribution in [3.05, 3.63) is 11.9 Å². The summed E-state index contributed by atoms with van der Waals surface area (Å²) in [4.78, 5) is 11.3. The van der Waals surface area contributed by atoms with Crippen molar-refractivity contribution in [3.8, 4) is 0 Å². The van der Waals surface area contributed by atoms with Gasteiger partial charge in [0.25, 0.3) is 0 Å². The van der Waals surface area contributed by atoms with Crippen molar-refractivity contribution in [2.24, 2.45) is 0 Å². The Kier molecular flexibility index (Phi) is 4.96. The maximum absolute atomic E-state index is 4.42. The molecule has 1 atom stereocenters. The van der Waals surface area contributed by atoms with Crippen molar-refractivity contribution in [1.29, 1.82) is 0 Å². The van der Waals surface area contributed by atoms with Crippen LogP contribution in [0, 0.1) is 6.92 Å². The van der Waals surface area contributed by atoms with Crippen LogP contribution in [0.25, 0.3) is 0 Å². The minimum atomic E-state index is 0.550. The smallest absolute Gasteiger partial charge is 0.131 e. The second kappa shape index (κ2) is 6.70. The average Bonchev–Trinajstić information content (AvgIpc) is 2.45. The molecule has 0 radical (unpaired) electrons. The highest BCUT2D eigenvalue weighted by molar-refractivity contribution is 5.47. The fraction of sp³-hybridized carbons (Fsp3) is 0.714. The molecule has 0 spiro atoms. The summed E-state index contributed by atoms with van der Waals surface area (Å²) in [5.74, 6) is 2.56. The van der Waals surface area contributed by atoms with Gasteiger partial charge in [-0.1, -0.05) is 6.42 Å². The Morgan fingerprint density at radius 1 is 1.21 bits per heavy atom. The highest BCUT2D eigenvalue weighted by Gasteiger charge is 2.16. The Balaban J connectivity index is 1.88. The average molecular weight is 263 g/mol. The zero-order chi connectivity index (χ0) is 13.7. The molecule has 1 aliphatic heterocycles. The summed E-state index contributed by atoms with van der Waals surface area (Å²) in [6.07, 6.45) is 4.05. The molecule has 1 aromatic heterocycles. The molecule has 1 fully saturated rings. The molecule has 0 aliphatic carbocycles. The second-order valence-electron chi connectivity index (χ2n) is 5.26. The van der Waals surface area contributed by atoms with E-state index in [4.69, 9.17) is 0 Å². The summed E-state index contributed by atoms with van der Waals surface area (Å²) in [5.41, 5.74) is 0. The zero-order valence-electron chi connectivity index (χ0n) is 12.2. The Morgan fingerprint density at radius 3 is 2.58 bits per heavy atom. The molecular weight excluding hydrogens is 238 g/mol. The van der Waals surface area contributed by atoms with Gasteiger partial charge in [0.2, 0.25) is 0 Å². The number of aromatic nitrogens is 2. The normalized spacial score (nSPS) is 18.1. The van der Waals surface area contributed by atoms with Crippen LogP contribution in [-0.2, 0) is 0 Å². The molecule has 106 valence electrons. The van der Waals surface area contributed by atoms with Crippen molar-refractivity contribution >= 4 is 11.6 Å². The molecule has 0 aromatic carbocycles. The molecule has 0 saturated carbocycles. The maximum Gasteiger partial charge on any atom is 0.131 e. The Hall–Kier alpha value is -1.36. The van der Waals surface area contributed by atoms with Gasteiger partial charge >= 0.3 is 0 Å². The lowest BCUT2D eigenvalue weighted by Gasteiger charge is -2.32. The van der Waals surface area contributed by atoms with Gasteiger partial charge in [0.15, 0.2) is 0 Å². The first-order chi connectivity index (χ1) is 9.19. The third kappa shape index (κ3) is 4.06. The molecule has 0 bridgehead atoms. The Bertz CT molecular complexity index is 401. The fourth-order valence-electron chi connectivity index (χ4n) is 2.53. The third-order valence-electron chi connectivity index (χ3n) is 3.69. The number of anilines is 2. The molecule has 1 aromatic rings. The molecular formula is C14H25N5. The van der Waals surface area contributed by atoms with Crippen LogP contribution in [0.15, 0.2) is 6.07 Å². The first kappa shape index (κ1) is 14.1. The molecule has 19 heavy (non-hydrogen) atoms. The molecule has 1 aliphatic rings. The van der Waals surface area contributed by atoms with E-state index < -0.39 is 0 Å². The minimum absolute atomic E-state index is 0.550. The van der Waals surface area contributed by atoms with Gasteiger partial charge in [-0.25, -0.2) is 9.97 Å². The van der Waals surface area contributed by atoms with E-state index in [1.807, 2.05) is 20.0 Å². The van der Waals surface area contributed by atoms with Gasteiger partial charge in [0, 0.05) is 25.7 Å². The quantitative estimate of drug-likeness (QED) is 0.852. The summed E-state index contributed by atoms with van der Waals surface area (Å²) in [5, 5.41) is 6.48. The largest absolute Gasteiger partial charge is 0.373 e. The van der Waals surface area contributed by atoms with E-state index in [0.29, 0.717) is 6.04 Å². The van der Waals surface area contributed by atoms with E-state index in [-0.39, 0.29) is 0 Å². The van der Waals surface area contributed by atoms with Gasteiger partial charge in [0.1, 0.15) is 17.5 Å². The van der Waals surface area contributed by atoms with Gasteiger partial charge in [0.05, 0.1) is 0 Å². The summed E-state index contributed by atoms with van der Waals surface area (Å²) in [6.45, 7) is 7.59. The van der Waals surface area contributed by atoms with Crippen LogP contribution in [-0.4, -0.2) is 47.6 Å². The highest BCUT2D eigenvalue weighted by Crippen LogP contribution is 2.14. The van der Waals surface area contributed by atoms with Crippen LogP contribution in [0.3, 0.4) is 0 Å². The lowest BCUT2D eigenvalue weighted by atomic mass is 10.1. The highest BCUT2D eigenvalue weighted by atomic mass is 15.2. The number of rotatable bonds is 5. The lowest BCUT2D eigenvalue weighted by molar-refractivity contribution is 0.180. The monoisotopic (exact) mass is 263 g/mol. The van der Waals surface area contributed by atoms with Gasteiger partial charge in [-0.15, -0.1) is 0 Å². The standard InChI is InChI=1S/C14H25N5/c1-11(19-7-5-4-6-8-19)10-16-14-9-13(15-3)17-12(2)18-14/h9,11H,4-8,10H2,1-3H3,(H2,15,16,17,18). The van der Waals surface area contributed by atoms with E-state index >= 15 is 0 Å². The van der Waals surface area contributed by atoms with Crippen molar-refractivity contribution in [1.82, 2.24) is 14.9 Å². The molecule has 0 amide bonds. The van der Waals surface area contributed by atoms with E-state index in [9.17, 15) is 0 Å². The van der Waals surface area contributed by atoms with Gasteiger partial charge < -0.3 is 10.6 Å². The van der Waals surface area contributed by atoms with Crippen LogP contribution in [0.5, 0.6) is 0 Å². The Labute approximate surface area is 115 Å². The van der Waals surface area contributed by atoms with E-state index in [1.54, 1.807) is 0 Å². The van der Waals surface area contributed by atoms with Crippen molar-refractivity contribution in [2.45, 2.75) is 39.2 Å². The van der Waals surface area contributed by atoms with E-state index in [2.05, 4.69) is 32.4 Å². The van der Waals surface area contributed by atoms with Crippen LogP contribution in [0.4, 0.5) is 11.6 Å². The molecule has 1 unspecified atom stereocenters. The fourth-order valence-corrected chi connectivity index (χ4v) is 2.53. The van der Waals surface area contributed by atoms with E-state index in [1.165, 1.54) is 32.4 Å². The minimum Gasteiger partial charge on any atom is -0.373 e. The molecule has 2 rings (SSSR count). The number of nitrogens with one attached hydrogen (secondary N) is 2. The summed E-state index contributed by atoms with van der Waals surface area (Å²) < 4.78 is 0. The van der Waals surface area contributed by atoms with Crippen molar-refractivity contribution < 1.29 is 0 Å². The summed E-state index contributed by atoms with van der Waals surface area (Å²) in [6, 6.07) is 2.50. The predicted octanol–water partition coefficient (Wildman–Crippen LogP) is 2.11. The van der Waals surface area contributed by atoms with Crippen LogP contribution >= 0.6 is 0 Å². The van der Waals surface area contributed by atoms with Gasteiger partial charge in [-0.2, -0.15) is 0 Å². The number of likely N-dealkylation sites (tertiary alicyclic amines) is 1. The molecule has 5 heteroatoms. The van der Waals surface area contributed by atoms with Crippen molar-refractivity contribution in [3.63, 3.8) is 0 Å². The van der Waals surface area contributed by atoms with Gasteiger partial charge in [-0.3, -0.25) is 4.90 Å². The zero-order valence-corrected chi connectivity index (χ0v) is 12.2. The number of nitrogens with zero attached hydrogens (tertiary/aromatic N) is 3. The molecule has 1 saturated heterocycles. The summed E-state index contributed by atoms with van der Waals surface area (Å²) in [7, 11) is 1.88. The topological polar surface area (TPSA) is 53.1 Å². The van der Waals surface area contributed by atoms with Crippen LogP contribution in [0.1, 0.15) is 32.0 Å². The third-order valence-corrected chi connectivity index (χ3v) is 3.69. The number of hydrogen-bond donors (Lipinski definition) is 2. The predicted molar refractivity (Wildman–Crippen MR) is 79.7 cm³/mol. The number of piperidine rings is 1.